The van der Waals surface area contributed by atoms with Gasteiger partial charge in [0.25, 0.3) is 11.8 Å². The molecule has 4 heterocycles. The van der Waals surface area contributed by atoms with Gasteiger partial charge in [0.05, 0.1) is 12.2 Å². The lowest BCUT2D eigenvalue weighted by Gasteiger charge is -2.37. The third kappa shape index (κ3) is 5.00. The summed E-state index contributed by atoms with van der Waals surface area (Å²) in [5.74, 6) is 1.00. The van der Waals surface area contributed by atoms with E-state index in [4.69, 9.17) is 21.3 Å². The van der Waals surface area contributed by atoms with Gasteiger partial charge in [0.2, 0.25) is 5.95 Å². The smallest absolute Gasteiger partial charge is 0.288 e. The molecule has 2 saturated heterocycles. The molecule has 1 aromatic rings. The maximum Gasteiger partial charge on any atom is 0.288 e. The standard InChI is InChI=1S/C24H28ClIN6O3/c1-30-8-7-19(22(30)33)35-20-12-14-11-16(3-4-18(14)31(2)23(20)34)28-21-17(25)13-27-24(29-21)32-9-5-15(26)6-10-32/h3-4,11-15,18-19H,5-10H2,1-2H3,(H,27,28,29)/t14?,18?,19-/m1/s1. The summed E-state index contributed by atoms with van der Waals surface area (Å²) in [4.78, 5) is 39.8. The molecule has 11 heteroatoms. The molecule has 5 rings (SSSR count). The molecule has 4 aliphatic rings. The van der Waals surface area contributed by atoms with E-state index >= 15 is 0 Å². The molecule has 2 unspecified atom stereocenters. The molecule has 0 spiro atoms. The fourth-order valence-electron chi connectivity index (χ4n) is 4.79. The lowest BCUT2D eigenvalue weighted by Crippen LogP contribution is -2.46. The number of anilines is 2. The Kier molecular flexibility index (Phi) is 6.93. The Balaban J connectivity index is 1.34. The molecule has 2 amide bonds. The summed E-state index contributed by atoms with van der Waals surface area (Å²) >= 11 is 8.92. The summed E-state index contributed by atoms with van der Waals surface area (Å²) < 4.78 is 6.58. The fourth-order valence-corrected chi connectivity index (χ4v) is 5.49. The van der Waals surface area contributed by atoms with Crippen LogP contribution in [0.25, 0.3) is 0 Å². The highest BCUT2D eigenvalue weighted by Gasteiger charge is 2.38. The van der Waals surface area contributed by atoms with E-state index in [9.17, 15) is 9.59 Å². The number of aromatic nitrogens is 2. The number of nitrogens with one attached hydrogen (secondary N) is 1. The van der Waals surface area contributed by atoms with E-state index in [0.717, 1.165) is 31.6 Å². The molecule has 3 aliphatic heterocycles. The molecular weight excluding hydrogens is 583 g/mol. The van der Waals surface area contributed by atoms with Gasteiger partial charge < -0.3 is 24.8 Å². The molecule has 0 radical (unpaired) electrons. The second-order valence-corrected chi connectivity index (χ2v) is 11.5. The van der Waals surface area contributed by atoms with Crippen LogP contribution in [0.3, 0.4) is 0 Å². The first-order chi connectivity index (χ1) is 16.8. The highest BCUT2D eigenvalue weighted by Crippen LogP contribution is 2.32. The zero-order valence-electron chi connectivity index (χ0n) is 19.7. The van der Waals surface area contributed by atoms with Gasteiger partial charge in [0.15, 0.2) is 17.7 Å². The average molecular weight is 611 g/mol. The van der Waals surface area contributed by atoms with Crippen molar-refractivity contribution >= 4 is 57.8 Å². The van der Waals surface area contributed by atoms with Crippen LogP contribution in [0.15, 0.2) is 42.0 Å². The third-order valence-electron chi connectivity index (χ3n) is 6.91. The molecule has 1 N–H and O–H groups in total. The van der Waals surface area contributed by atoms with E-state index in [1.807, 2.05) is 24.3 Å². The van der Waals surface area contributed by atoms with Crippen LogP contribution in [0, 0.1) is 5.92 Å². The zero-order chi connectivity index (χ0) is 24.7. The fraction of sp³-hybridized carbons (Fsp3) is 0.500. The van der Waals surface area contributed by atoms with Crippen molar-refractivity contribution < 1.29 is 14.3 Å². The number of carbonyl (C=O) groups is 2. The molecule has 1 aromatic heterocycles. The Bertz CT molecular complexity index is 1120. The van der Waals surface area contributed by atoms with Crippen LogP contribution in [0.2, 0.25) is 5.02 Å². The summed E-state index contributed by atoms with van der Waals surface area (Å²) in [6, 6.07) is -0.131. The van der Waals surface area contributed by atoms with Gasteiger partial charge in [-0.3, -0.25) is 9.59 Å². The van der Waals surface area contributed by atoms with Gasteiger partial charge in [-0.05, 0) is 25.0 Å². The summed E-state index contributed by atoms with van der Waals surface area (Å²) in [5.41, 5.74) is 0.818. The predicted molar refractivity (Wildman–Crippen MR) is 142 cm³/mol. The van der Waals surface area contributed by atoms with Gasteiger partial charge in [-0.25, -0.2) is 4.98 Å². The number of hydrogen-bond donors (Lipinski definition) is 1. The summed E-state index contributed by atoms with van der Waals surface area (Å²) in [5, 5.41) is 3.76. The van der Waals surface area contributed by atoms with E-state index in [1.165, 1.54) is 0 Å². The van der Waals surface area contributed by atoms with Crippen LogP contribution >= 0.6 is 34.2 Å². The Morgan fingerprint density at radius 1 is 1.14 bits per heavy atom. The van der Waals surface area contributed by atoms with Gasteiger partial charge in [-0.2, -0.15) is 4.98 Å². The quantitative estimate of drug-likeness (QED) is 0.405. The van der Waals surface area contributed by atoms with Crippen molar-refractivity contribution in [2.24, 2.45) is 5.92 Å². The first-order valence-corrected chi connectivity index (χ1v) is 13.4. The Labute approximate surface area is 223 Å². The Morgan fingerprint density at radius 2 is 1.91 bits per heavy atom. The predicted octanol–water partition coefficient (Wildman–Crippen LogP) is 2.99. The number of nitrogens with zero attached hydrogens (tertiary/aromatic N) is 5. The Hall–Kier alpha value is -2.34. The molecule has 186 valence electrons. The molecular formula is C24H28ClIN6O3. The third-order valence-corrected chi connectivity index (χ3v) is 8.43. The van der Waals surface area contributed by atoms with Gasteiger partial charge in [0, 0.05) is 55.7 Å². The van der Waals surface area contributed by atoms with Crippen LogP contribution in [0.5, 0.6) is 0 Å². The number of alkyl halides is 1. The van der Waals surface area contributed by atoms with Gasteiger partial charge in [-0.1, -0.05) is 46.3 Å². The van der Waals surface area contributed by atoms with E-state index in [-0.39, 0.29) is 29.5 Å². The van der Waals surface area contributed by atoms with Crippen LogP contribution in [0.4, 0.5) is 11.8 Å². The topological polar surface area (TPSA) is 90.9 Å². The largest absolute Gasteiger partial charge is 0.475 e. The number of piperidine rings is 1. The lowest BCUT2D eigenvalue weighted by atomic mass is 9.89. The second kappa shape index (κ2) is 9.96. The molecule has 0 bridgehead atoms. The van der Waals surface area contributed by atoms with Crippen molar-refractivity contribution in [3.63, 3.8) is 0 Å². The number of ether oxygens (including phenoxy) is 1. The minimum absolute atomic E-state index is 0.0955. The second-order valence-electron chi connectivity index (χ2n) is 9.30. The van der Waals surface area contributed by atoms with E-state index in [0.29, 0.717) is 33.7 Å². The summed E-state index contributed by atoms with van der Waals surface area (Å²) in [7, 11) is 3.49. The number of fused-ring (bicyclic) bond motifs is 1. The van der Waals surface area contributed by atoms with Crippen LogP contribution in [-0.2, 0) is 14.3 Å². The normalized spacial score (nSPS) is 27.1. The van der Waals surface area contributed by atoms with E-state index in [2.05, 4.69) is 37.8 Å². The first kappa shape index (κ1) is 24.4. The number of carbonyl (C=O) groups excluding carboxylic acids is 2. The highest BCUT2D eigenvalue weighted by atomic mass is 127. The number of hydrogen-bond acceptors (Lipinski definition) is 7. The molecule has 1 aliphatic carbocycles. The monoisotopic (exact) mass is 610 g/mol. The van der Waals surface area contributed by atoms with Crippen molar-refractivity contribution in [2.45, 2.75) is 35.3 Å². The summed E-state index contributed by atoms with van der Waals surface area (Å²) in [6.07, 6.45) is 11.6. The molecule has 0 aromatic carbocycles. The first-order valence-electron chi connectivity index (χ1n) is 11.8. The molecule has 0 saturated carbocycles. The number of allylic oxidation sites excluding steroid dienone is 1. The van der Waals surface area contributed by atoms with Crippen LogP contribution in [-0.4, -0.2) is 81.4 Å². The number of likely N-dealkylation sites (N-methyl/N-ethyl adjacent to an activating group) is 2. The minimum Gasteiger partial charge on any atom is -0.475 e. The van der Waals surface area contributed by atoms with Crippen molar-refractivity contribution in [1.82, 2.24) is 19.8 Å². The van der Waals surface area contributed by atoms with Crippen molar-refractivity contribution in [1.29, 1.82) is 0 Å². The number of halogens is 2. The lowest BCUT2D eigenvalue weighted by molar-refractivity contribution is -0.139. The minimum atomic E-state index is -0.614. The van der Waals surface area contributed by atoms with E-state index < -0.39 is 6.10 Å². The van der Waals surface area contributed by atoms with Crippen LogP contribution < -0.4 is 10.2 Å². The molecule has 3 atom stereocenters. The number of rotatable bonds is 5. The Morgan fingerprint density at radius 3 is 2.63 bits per heavy atom. The van der Waals surface area contributed by atoms with Gasteiger partial charge in [-0.15, -0.1) is 0 Å². The average Bonchev–Trinajstić information content (AvgIpc) is 3.16. The van der Waals surface area contributed by atoms with Crippen molar-refractivity contribution in [3.8, 4) is 0 Å². The molecule has 35 heavy (non-hydrogen) atoms. The van der Waals surface area contributed by atoms with Crippen LogP contribution in [0.1, 0.15) is 19.3 Å². The van der Waals surface area contributed by atoms with Crippen molar-refractivity contribution in [2.75, 3.05) is 43.9 Å². The SMILES string of the molecule is CN1CC[C@@H](OC2=CC3C=C(Nc4nc(N5CCC(I)CC5)ncc4Cl)C=CC3N(C)C2=O)C1=O. The van der Waals surface area contributed by atoms with E-state index in [1.54, 1.807) is 30.1 Å². The summed E-state index contributed by atoms with van der Waals surface area (Å²) in [6.45, 7) is 2.48. The maximum absolute atomic E-state index is 12.9. The van der Waals surface area contributed by atoms with Gasteiger partial charge in [0.1, 0.15) is 5.02 Å². The highest BCUT2D eigenvalue weighted by molar-refractivity contribution is 14.1. The number of amides is 2. The molecule has 2 fully saturated rings. The number of likely N-dealkylation sites (tertiary alicyclic amines) is 1. The maximum atomic E-state index is 12.9. The zero-order valence-corrected chi connectivity index (χ0v) is 22.6. The van der Waals surface area contributed by atoms with Gasteiger partial charge >= 0.3 is 0 Å². The molecule has 9 nitrogen and oxygen atoms in total. The van der Waals surface area contributed by atoms with Crippen molar-refractivity contribution in [3.05, 3.63) is 47.0 Å².